The van der Waals surface area contributed by atoms with Crippen LogP contribution in [-0.2, 0) is 16.1 Å². The van der Waals surface area contributed by atoms with Gasteiger partial charge in [-0.2, -0.15) is 0 Å². The molecule has 0 N–H and O–H groups in total. The minimum Gasteiger partial charge on any atom is -0.297 e. The second-order valence-electron chi connectivity index (χ2n) is 7.66. The molecule has 0 unspecified atom stereocenters. The van der Waals surface area contributed by atoms with Crippen molar-refractivity contribution in [1.82, 2.24) is 9.80 Å². The van der Waals surface area contributed by atoms with E-state index in [1.807, 2.05) is 37.3 Å². The van der Waals surface area contributed by atoms with Crippen LogP contribution >= 0.6 is 23.2 Å². The molecule has 5 nitrogen and oxygen atoms in total. The molecule has 2 aliphatic rings. The van der Waals surface area contributed by atoms with Crippen LogP contribution in [0.5, 0.6) is 0 Å². The highest BCUT2D eigenvalue weighted by Crippen LogP contribution is 2.29. The molecule has 1 atom stereocenters. The van der Waals surface area contributed by atoms with Crippen molar-refractivity contribution in [1.29, 1.82) is 0 Å². The summed E-state index contributed by atoms with van der Waals surface area (Å²) in [5.41, 5.74) is 2.69. The molecule has 2 heterocycles. The lowest BCUT2D eigenvalue weighted by Crippen LogP contribution is -2.52. The number of hydrogen-bond donors (Lipinski definition) is 0. The summed E-state index contributed by atoms with van der Waals surface area (Å²) >= 11 is 12.1. The Morgan fingerprint density at radius 3 is 2.31 bits per heavy atom. The molecule has 4 rings (SSSR count). The van der Waals surface area contributed by atoms with Crippen LogP contribution in [0.1, 0.15) is 17.5 Å². The number of halogens is 2. The van der Waals surface area contributed by atoms with Crippen molar-refractivity contribution in [2.24, 2.45) is 0 Å². The van der Waals surface area contributed by atoms with Crippen molar-refractivity contribution >= 4 is 40.7 Å². The van der Waals surface area contributed by atoms with E-state index in [0.29, 0.717) is 10.7 Å². The summed E-state index contributed by atoms with van der Waals surface area (Å²) in [7, 11) is 0. The highest BCUT2D eigenvalue weighted by molar-refractivity contribution is 6.32. The minimum absolute atomic E-state index is 0.152. The maximum Gasteiger partial charge on any atom is 0.251 e. The van der Waals surface area contributed by atoms with E-state index in [4.69, 9.17) is 23.2 Å². The Kier molecular flexibility index (Phi) is 5.93. The quantitative estimate of drug-likeness (QED) is 0.691. The van der Waals surface area contributed by atoms with Gasteiger partial charge in [0, 0.05) is 42.8 Å². The molecule has 152 valence electrons. The van der Waals surface area contributed by atoms with Crippen LogP contribution in [0.25, 0.3) is 0 Å². The predicted molar refractivity (Wildman–Crippen MR) is 115 cm³/mol. The standard InChI is InChI=1S/C22H23Cl2N3O2/c1-15-2-7-18(12-19(15)24)27-21(28)13-20(22(27)29)26-10-8-25(9-11-26)14-16-3-5-17(23)6-4-16/h2-7,12,20H,8-11,13-14H2,1H3/t20-/m0/s1. The highest BCUT2D eigenvalue weighted by atomic mass is 35.5. The first-order valence-electron chi connectivity index (χ1n) is 9.76. The number of imide groups is 1. The number of piperazine rings is 1. The van der Waals surface area contributed by atoms with Gasteiger partial charge in [0.05, 0.1) is 18.2 Å². The monoisotopic (exact) mass is 431 g/mol. The Labute approximate surface area is 180 Å². The molecule has 2 aromatic rings. The van der Waals surface area contributed by atoms with Crippen LogP contribution in [-0.4, -0.2) is 53.8 Å². The molecule has 0 aliphatic carbocycles. The first-order chi connectivity index (χ1) is 13.9. The van der Waals surface area contributed by atoms with E-state index < -0.39 is 0 Å². The molecule has 0 bridgehead atoms. The van der Waals surface area contributed by atoms with Crippen molar-refractivity contribution in [2.75, 3.05) is 31.1 Å². The van der Waals surface area contributed by atoms with Gasteiger partial charge in [0.15, 0.2) is 0 Å². The molecule has 2 saturated heterocycles. The summed E-state index contributed by atoms with van der Waals surface area (Å²) in [6.45, 7) is 6.00. The molecule has 0 saturated carbocycles. The van der Waals surface area contributed by atoms with E-state index in [9.17, 15) is 9.59 Å². The molecule has 0 aromatic heterocycles. The summed E-state index contributed by atoms with van der Waals surface area (Å²) in [6.07, 6.45) is 0.224. The van der Waals surface area contributed by atoms with Gasteiger partial charge in [-0.3, -0.25) is 19.4 Å². The number of benzene rings is 2. The van der Waals surface area contributed by atoms with Gasteiger partial charge < -0.3 is 0 Å². The molecular weight excluding hydrogens is 409 g/mol. The van der Waals surface area contributed by atoms with Gasteiger partial charge in [-0.25, -0.2) is 4.90 Å². The summed E-state index contributed by atoms with van der Waals surface area (Å²) in [6, 6.07) is 12.8. The zero-order valence-electron chi connectivity index (χ0n) is 16.3. The second-order valence-corrected chi connectivity index (χ2v) is 8.50. The zero-order chi connectivity index (χ0) is 20.5. The molecule has 2 amide bonds. The average Bonchev–Trinajstić information content (AvgIpc) is 3.01. The van der Waals surface area contributed by atoms with Gasteiger partial charge in [-0.15, -0.1) is 0 Å². The number of aryl methyl sites for hydroxylation is 1. The van der Waals surface area contributed by atoms with Crippen LogP contribution < -0.4 is 4.90 Å². The summed E-state index contributed by atoms with van der Waals surface area (Å²) < 4.78 is 0. The van der Waals surface area contributed by atoms with Crippen molar-refractivity contribution < 1.29 is 9.59 Å². The van der Waals surface area contributed by atoms with Crippen molar-refractivity contribution in [3.63, 3.8) is 0 Å². The van der Waals surface area contributed by atoms with Gasteiger partial charge in [0.1, 0.15) is 0 Å². The summed E-state index contributed by atoms with van der Waals surface area (Å²) in [4.78, 5) is 31.4. The topological polar surface area (TPSA) is 43.9 Å². The normalized spacial score (nSPS) is 21.2. The van der Waals surface area contributed by atoms with Crippen molar-refractivity contribution in [2.45, 2.75) is 25.9 Å². The van der Waals surface area contributed by atoms with Gasteiger partial charge in [-0.05, 0) is 42.3 Å². The molecular formula is C22H23Cl2N3O2. The van der Waals surface area contributed by atoms with Gasteiger partial charge >= 0.3 is 0 Å². The maximum atomic E-state index is 13.0. The number of hydrogen-bond acceptors (Lipinski definition) is 4. The number of rotatable bonds is 4. The largest absolute Gasteiger partial charge is 0.297 e. The van der Waals surface area contributed by atoms with E-state index >= 15 is 0 Å². The fraction of sp³-hybridized carbons (Fsp3) is 0.364. The molecule has 7 heteroatoms. The Balaban J connectivity index is 1.38. The molecule has 2 aliphatic heterocycles. The Bertz CT molecular complexity index is 924. The third-order valence-electron chi connectivity index (χ3n) is 5.70. The van der Waals surface area contributed by atoms with Crippen molar-refractivity contribution in [3.05, 3.63) is 63.6 Å². The van der Waals surface area contributed by atoms with Crippen LogP contribution in [0.2, 0.25) is 10.0 Å². The Hall–Kier alpha value is -1.92. The molecule has 0 radical (unpaired) electrons. The Morgan fingerprint density at radius 2 is 1.66 bits per heavy atom. The number of amides is 2. The first-order valence-corrected chi connectivity index (χ1v) is 10.5. The fourth-order valence-corrected chi connectivity index (χ4v) is 4.28. The minimum atomic E-state index is -0.389. The SMILES string of the molecule is Cc1ccc(N2C(=O)C[C@H](N3CCN(Cc4ccc(Cl)cc4)CC3)C2=O)cc1Cl. The molecule has 29 heavy (non-hydrogen) atoms. The third kappa shape index (κ3) is 4.33. The lowest BCUT2D eigenvalue weighted by molar-refractivity contribution is -0.123. The molecule has 0 spiro atoms. The van der Waals surface area contributed by atoms with Gasteiger partial charge in [0.25, 0.3) is 5.91 Å². The molecule has 2 aromatic carbocycles. The van der Waals surface area contributed by atoms with E-state index in [0.717, 1.165) is 43.3 Å². The number of nitrogens with zero attached hydrogens (tertiary/aromatic N) is 3. The number of anilines is 1. The second kappa shape index (κ2) is 8.44. The average molecular weight is 432 g/mol. The van der Waals surface area contributed by atoms with Gasteiger partial charge in [0.2, 0.25) is 5.91 Å². The van der Waals surface area contributed by atoms with Crippen LogP contribution in [0.4, 0.5) is 5.69 Å². The lowest BCUT2D eigenvalue weighted by atomic mass is 10.1. The fourth-order valence-electron chi connectivity index (χ4n) is 3.97. The summed E-state index contributed by atoms with van der Waals surface area (Å²) in [5.74, 6) is -0.315. The van der Waals surface area contributed by atoms with Crippen LogP contribution in [0, 0.1) is 6.92 Å². The number of carbonyl (C=O) groups is 2. The van der Waals surface area contributed by atoms with E-state index in [2.05, 4.69) is 9.80 Å². The van der Waals surface area contributed by atoms with Crippen molar-refractivity contribution in [3.8, 4) is 0 Å². The first kappa shape index (κ1) is 20.4. The molecule has 2 fully saturated rings. The van der Waals surface area contributed by atoms with Gasteiger partial charge in [-0.1, -0.05) is 41.4 Å². The third-order valence-corrected chi connectivity index (χ3v) is 6.36. The number of carbonyl (C=O) groups excluding carboxylic acids is 2. The summed E-state index contributed by atoms with van der Waals surface area (Å²) in [5, 5.41) is 1.30. The predicted octanol–water partition coefficient (Wildman–Crippen LogP) is 3.75. The lowest BCUT2D eigenvalue weighted by Gasteiger charge is -2.37. The zero-order valence-corrected chi connectivity index (χ0v) is 17.8. The van der Waals surface area contributed by atoms with Crippen LogP contribution in [0.15, 0.2) is 42.5 Å². The van der Waals surface area contributed by atoms with E-state index in [1.54, 1.807) is 12.1 Å². The maximum absolute atomic E-state index is 13.0. The highest BCUT2D eigenvalue weighted by Gasteiger charge is 2.43. The van der Waals surface area contributed by atoms with E-state index in [-0.39, 0.29) is 24.3 Å². The van der Waals surface area contributed by atoms with Crippen LogP contribution in [0.3, 0.4) is 0 Å². The smallest absolute Gasteiger partial charge is 0.251 e. The van der Waals surface area contributed by atoms with E-state index in [1.165, 1.54) is 10.5 Å². The Morgan fingerprint density at radius 1 is 0.966 bits per heavy atom.